The Hall–Kier alpha value is 0.440. The normalized spacial score (nSPS) is 10.0. The van der Waals surface area contributed by atoms with Crippen LogP contribution in [-0.4, -0.2) is 12.6 Å². The van der Waals surface area contributed by atoms with Gasteiger partial charge in [0.25, 0.3) is 0 Å². The molecule has 0 aliphatic rings. The third-order valence-electron chi connectivity index (χ3n) is 1.51. The smallest absolute Gasteiger partial charge is 0.339 e. The molecule has 0 fully saturated rings. The molecular formula is C9H7ClI2O2. The van der Waals surface area contributed by atoms with Crippen molar-refractivity contribution in [3.05, 3.63) is 29.9 Å². The number of halogens is 3. The van der Waals surface area contributed by atoms with Crippen LogP contribution in [-0.2, 0) is 4.74 Å². The van der Waals surface area contributed by atoms with E-state index in [1.807, 2.05) is 0 Å². The minimum Gasteiger partial charge on any atom is -0.462 e. The molecule has 0 N–H and O–H groups in total. The van der Waals surface area contributed by atoms with Crippen LogP contribution in [0.3, 0.4) is 0 Å². The minimum absolute atomic E-state index is 0.359. The summed E-state index contributed by atoms with van der Waals surface area (Å²) >= 11 is 10.2. The fraction of sp³-hybridized carbons (Fsp3) is 0.222. The van der Waals surface area contributed by atoms with Gasteiger partial charge in [0.05, 0.1) is 17.2 Å². The molecule has 5 heteroatoms. The van der Waals surface area contributed by atoms with Crippen LogP contribution in [0, 0.1) is 7.14 Å². The Bertz CT molecular complexity index is 366. The van der Waals surface area contributed by atoms with E-state index in [9.17, 15) is 4.79 Å². The van der Waals surface area contributed by atoms with Crippen LogP contribution in [0.1, 0.15) is 17.3 Å². The topological polar surface area (TPSA) is 26.3 Å². The molecule has 14 heavy (non-hydrogen) atoms. The maximum Gasteiger partial charge on any atom is 0.339 e. The van der Waals surface area contributed by atoms with Gasteiger partial charge in [0.2, 0.25) is 0 Å². The highest BCUT2D eigenvalue weighted by Crippen LogP contribution is 2.24. The second-order valence-corrected chi connectivity index (χ2v) is 5.20. The van der Waals surface area contributed by atoms with Crippen molar-refractivity contribution < 1.29 is 9.53 Å². The molecule has 0 radical (unpaired) electrons. The predicted octanol–water partition coefficient (Wildman–Crippen LogP) is 3.73. The molecule has 0 aliphatic carbocycles. The Kier molecular flexibility index (Phi) is 4.92. The van der Waals surface area contributed by atoms with Crippen molar-refractivity contribution in [1.29, 1.82) is 0 Å². The number of hydrogen-bond donors (Lipinski definition) is 0. The average Bonchev–Trinajstić information content (AvgIpc) is 2.11. The summed E-state index contributed by atoms with van der Waals surface area (Å²) in [5.74, 6) is -0.369. The van der Waals surface area contributed by atoms with E-state index in [0.29, 0.717) is 17.2 Å². The van der Waals surface area contributed by atoms with E-state index < -0.39 is 0 Å². The van der Waals surface area contributed by atoms with Gasteiger partial charge in [-0.15, -0.1) is 0 Å². The zero-order chi connectivity index (χ0) is 10.7. The fourth-order valence-corrected chi connectivity index (χ4v) is 2.25. The first-order valence-electron chi connectivity index (χ1n) is 3.88. The van der Waals surface area contributed by atoms with Gasteiger partial charge in [0.15, 0.2) is 0 Å². The van der Waals surface area contributed by atoms with Crippen molar-refractivity contribution in [2.45, 2.75) is 6.92 Å². The summed E-state index contributed by atoms with van der Waals surface area (Å²) in [4.78, 5) is 11.4. The van der Waals surface area contributed by atoms with Gasteiger partial charge in [0.1, 0.15) is 0 Å². The standard InChI is InChI=1S/C9H7ClI2O2/c1-2-14-9(13)5-3-7(11)8(12)4-6(5)10/h3-4H,2H2,1H3. The van der Waals surface area contributed by atoms with Crippen LogP contribution in [0.15, 0.2) is 12.1 Å². The molecule has 1 rings (SSSR count). The highest BCUT2D eigenvalue weighted by molar-refractivity contribution is 14.1. The zero-order valence-electron chi connectivity index (χ0n) is 7.31. The summed E-state index contributed by atoms with van der Waals surface area (Å²) in [5, 5.41) is 0.438. The van der Waals surface area contributed by atoms with Gasteiger partial charge in [-0.3, -0.25) is 0 Å². The molecule has 0 aliphatic heterocycles. The lowest BCUT2D eigenvalue weighted by Crippen LogP contribution is -2.06. The molecule has 0 saturated heterocycles. The highest BCUT2D eigenvalue weighted by Gasteiger charge is 2.13. The monoisotopic (exact) mass is 436 g/mol. The fourth-order valence-electron chi connectivity index (χ4n) is 0.888. The van der Waals surface area contributed by atoms with Gasteiger partial charge in [-0.1, -0.05) is 11.6 Å². The number of rotatable bonds is 2. The molecular weight excluding hydrogens is 429 g/mol. The zero-order valence-corrected chi connectivity index (χ0v) is 12.4. The highest BCUT2D eigenvalue weighted by atomic mass is 127. The van der Waals surface area contributed by atoms with Gasteiger partial charge in [0, 0.05) is 7.14 Å². The summed E-state index contributed by atoms with van der Waals surface area (Å²) < 4.78 is 6.90. The van der Waals surface area contributed by atoms with E-state index in [1.54, 1.807) is 19.1 Å². The van der Waals surface area contributed by atoms with Crippen LogP contribution in [0.2, 0.25) is 5.02 Å². The largest absolute Gasteiger partial charge is 0.462 e. The number of carbonyl (C=O) groups is 1. The summed E-state index contributed by atoms with van der Waals surface area (Å²) in [6.07, 6.45) is 0. The lowest BCUT2D eigenvalue weighted by atomic mass is 10.2. The van der Waals surface area contributed by atoms with E-state index >= 15 is 0 Å². The Labute approximate surface area is 115 Å². The van der Waals surface area contributed by atoms with Crippen molar-refractivity contribution in [2.24, 2.45) is 0 Å². The SMILES string of the molecule is CCOC(=O)c1cc(I)c(I)cc1Cl. The van der Waals surface area contributed by atoms with Crippen LogP contribution in [0.4, 0.5) is 0 Å². The van der Waals surface area contributed by atoms with Crippen LogP contribution >= 0.6 is 56.8 Å². The average molecular weight is 436 g/mol. The molecule has 2 nitrogen and oxygen atoms in total. The quantitative estimate of drug-likeness (QED) is 0.401. The third-order valence-corrected chi connectivity index (χ3v) is 4.64. The number of hydrogen-bond acceptors (Lipinski definition) is 2. The lowest BCUT2D eigenvalue weighted by Gasteiger charge is -2.05. The number of esters is 1. The maximum atomic E-state index is 11.4. The number of benzene rings is 1. The molecule has 0 atom stereocenters. The Morgan fingerprint density at radius 3 is 2.57 bits per heavy atom. The van der Waals surface area contributed by atoms with Gasteiger partial charge in [-0.05, 0) is 64.2 Å². The van der Waals surface area contributed by atoms with E-state index in [1.165, 1.54) is 0 Å². The minimum atomic E-state index is -0.369. The second kappa shape index (κ2) is 5.50. The summed E-state index contributed by atoms with van der Waals surface area (Å²) in [6.45, 7) is 2.13. The number of carbonyl (C=O) groups excluding carboxylic acids is 1. The lowest BCUT2D eigenvalue weighted by molar-refractivity contribution is 0.0526. The first-order chi connectivity index (χ1) is 6.56. The molecule has 0 unspecified atom stereocenters. The Balaban J connectivity index is 3.09. The molecule has 0 bridgehead atoms. The van der Waals surface area contributed by atoms with Crippen molar-refractivity contribution in [3.63, 3.8) is 0 Å². The van der Waals surface area contributed by atoms with Crippen LogP contribution in [0.25, 0.3) is 0 Å². The van der Waals surface area contributed by atoms with Crippen LogP contribution < -0.4 is 0 Å². The van der Waals surface area contributed by atoms with Gasteiger partial charge < -0.3 is 4.74 Å². The van der Waals surface area contributed by atoms with E-state index in [0.717, 1.165) is 7.14 Å². The first-order valence-corrected chi connectivity index (χ1v) is 6.41. The van der Waals surface area contributed by atoms with Crippen molar-refractivity contribution in [1.82, 2.24) is 0 Å². The summed E-state index contributed by atoms with van der Waals surface area (Å²) in [5.41, 5.74) is 0.429. The van der Waals surface area contributed by atoms with Gasteiger partial charge in [-0.25, -0.2) is 4.79 Å². The van der Waals surface area contributed by atoms with Gasteiger partial charge >= 0.3 is 5.97 Å². The van der Waals surface area contributed by atoms with E-state index in [2.05, 4.69) is 45.2 Å². The second-order valence-electron chi connectivity index (χ2n) is 2.47. The molecule has 0 aromatic heterocycles. The van der Waals surface area contributed by atoms with E-state index in [-0.39, 0.29) is 5.97 Å². The van der Waals surface area contributed by atoms with E-state index in [4.69, 9.17) is 16.3 Å². The first kappa shape index (κ1) is 12.5. The predicted molar refractivity (Wildman–Crippen MR) is 72.8 cm³/mol. The van der Waals surface area contributed by atoms with Crippen molar-refractivity contribution in [3.8, 4) is 0 Å². The molecule has 0 heterocycles. The van der Waals surface area contributed by atoms with Gasteiger partial charge in [-0.2, -0.15) is 0 Å². The van der Waals surface area contributed by atoms with Crippen LogP contribution in [0.5, 0.6) is 0 Å². The maximum absolute atomic E-state index is 11.4. The third kappa shape index (κ3) is 2.96. The molecule has 0 amide bonds. The Morgan fingerprint density at radius 2 is 2.00 bits per heavy atom. The summed E-state index contributed by atoms with van der Waals surface area (Å²) in [7, 11) is 0. The summed E-state index contributed by atoms with van der Waals surface area (Å²) in [6, 6.07) is 3.50. The molecule has 0 spiro atoms. The molecule has 0 saturated carbocycles. The van der Waals surface area contributed by atoms with Crippen molar-refractivity contribution in [2.75, 3.05) is 6.61 Å². The number of ether oxygens (including phenoxy) is 1. The molecule has 1 aromatic rings. The molecule has 1 aromatic carbocycles. The van der Waals surface area contributed by atoms with Crippen molar-refractivity contribution >= 4 is 62.8 Å². The Morgan fingerprint density at radius 1 is 1.43 bits per heavy atom. The molecule has 76 valence electrons.